The Bertz CT molecular complexity index is 569. The molecule has 1 saturated carbocycles. The Morgan fingerprint density at radius 1 is 1.33 bits per heavy atom. The molecule has 3 N–H and O–H groups in total. The molecule has 0 atom stereocenters. The minimum absolute atomic E-state index is 0.260. The van der Waals surface area contributed by atoms with Gasteiger partial charge in [0, 0.05) is 12.1 Å². The topological polar surface area (TPSA) is 89.9 Å². The van der Waals surface area contributed by atoms with Crippen molar-refractivity contribution in [2.45, 2.75) is 32.7 Å². The highest BCUT2D eigenvalue weighted by atomic mass is 16.5. The maximum absolute atomic E-state index is 5.75. The molecule has 18 heavy (non-hydrogen) atoms. The van der Waals surface area contributed by atoms with Gasteiger partial charge < -0.3 is 15.6 Å². The molecule has 94 valence electrons. The van der Waals surface area contributed by atoms with Crippen molar-refractivity contribution in [2.24, 2.45) is 0 Å². The molecule has 2 aromatic heterocycles. The number of nitrogens with zero attached hydrogens (tertiary/aromatic N) is 3. The van der Waals surface area contributed by atoms with E-state index in [1.165, 1.54) is 12.8 Å². The molecule has 0 spiro atoms. The normalized spacial score (nSPS) is 14.8. The average Bonchev–Trinajstić information content (AvgIpc) is 3.03. The van der Waals surface area contributed by atoms with Gasteiger partial charge in [0.05, 0.1) is 17.0 Å². The fourth-order valence-electron chi connectivity index (χ4n) is 1.95. The molecule has 0 amide bonds. The lowest BCUT2D eigenvalue weighted by atomic mass is 10.1. The van der Waals surface area contributed by atoms with Crippen LogP contribution in [0, 0.1) is 13.8 Å². The van der Waals surface area contributed by atoms with E-state index in [0.717, 1.165) is 28.5 Å². The van der Waals surface area contributed by atoms with E-state index in [1.54, 1.807) is 0 Å². The van der Waals surface area contributed by atoms with Crippen molar-refractivity contribution in [3.63, 3.8) is 0 Å². The van der Waals surface area contributed by atoms with Crippen LogP contribution in [0.15, 0.2) is 10.6 Å². The number of aromatic nitrogens is 3. The molecule has 0 radical (unpaired) electrons. The molecule has 1 aliphatic carbocycles. The predicted molar refractivity (Wildman–Crippen MR) is 68.1 cm³/mol. The Hall–Kier alpha value is -2.11. The third kappa shape index (κ3) is 2.01. The van der Waals surface area contributed by atoms with E-state index in [9.17, 15) is 0 Å². The van der Waals surface area contributed by atoms with Gasteiger partial charge in [0.25, 0.3) is 0 Å². The molecule has 0 aromatic carbocycles. The van der Waals surface area contributed by atoms with Gasteiger partial charge in [-0.15, -0.1) is 0 Å². The average molecular weight is 245 g/mol. The second kappa shape index (κ2) is 3.97. The van der Waals surface area contributed by atoms with E-state index in [4.69, 9.17) is 10.3 Å². The highest BCUT2D eigenvalue weighted by molar-refractivity contribution is 5.67. The van der Waals surface area contributed by atoms with E-state index in [2.05, 4.69) is 20.4 Å². The highest BCUT2D eigenvalue weighted by Crippen LogP contribution is 2.29. The molecule has 2 aromatic rings. The first-order valence-electron chi connectivity index (χ1n) is 5.98. The van der Waals surface area contributed by atoms with Gasteiger partial charge in [-0.25, -0.2) is 4.98 Å². The predicted octanol–water partition coefficient (Wildman–Crippen LogP) is 1.90. The summed E-state index contributed by atoms with van der Waals surface area (Å²) in [6, 6.07) is 2.41. The molecule has 1 aliphatic rings. The largest absolute Gasteiger partial charge is 0.368 e. The van der Waals surface area contributed by atoms with Crippen molar-refractivity contribution in [1.29, 1.82) is 0 Å². The Morgan fingerprint density at radius 2 is 2.11 bits per heavy atom. The second-order valence-electron chi connectivity index (χ2n) is 4.61. The lowest BCUT2D eigenvalue weighted by Crippen LogP contribution is -2.06. The summed E-state index contributed by atoms with van der Waals surface area (Å²) >= 11 is 0. The number of nitrogen functional groups attached to an aromatic ring is 1. The van der Waals surface area contributed by atoms with Crippen molar-refractivity contribution in [3.8, 4) is 11.3 Å². The quantitative estimate of drug-likeness (QED) is 0.858. The molecule has 6 heteroatoms. The van der Waals surface area contributed by atoms with Crippen molar-refractivity contribution in [3.05, 3.63) is 17.5 Å². The zero-order chi connectivity index (χ0) is 12.7. The summed E-state index contributed by atoms with van der Waals surface area (Å²) in [6.45, 7) is 3.75. The van der Waals surface area contributed by atoms with E-state index in [0.29, 0.717) is 6.04 Å². The maximum atomic E-state index is 5.75. The Kier molecular flexibility index (Phi) is 2.43. The fourth-order valence-corrected chi connectivity index (χ4v) is 1.95. The zero-order valence-electron chi connectivity index (χ0n) is 10.4. The lowest BCUT2D eigenvalue weighted by molar-refractivity contribution is 0.393. The molecule has 3 rings (SSSR count). The molecular weight excluding hydrogens is 230 g/mol. The molecule has 0 aliphatic heterocycles. The summed E-state index contributed by atoms with van der Waals surface area (Å²) in [4.78, 5) is 8.44. The van der Waals surface area contributed by atoms with Gasteiger partial charge in [0.15, 0.2) is 0 Å². The molecule has 0 unspecified atom stereocenters. The van der Waals surface area contributed by atoms with Gasteiger partial charge in [0.2, 0.25) is 5.95 Å². The Morgan fingerprint density at radius 3 is 2.72 bits per heavy atom. The van der Waals surface area contributed by atoms with E-state index < -0.39 is 0 Å². The third-order valence-corrected chi connectivity index (χ3v) is 2.96. The molecule has 2 heterocycles. The van der Waals surface area contributed by atoms with Crippen LogP contribution in [0.25, 0.3) is 11.3 Å². The van der Waals surface area contributed by atoms with Crippen molar-refractivity contribution in [2.75, 3.05) is 11.1 Å². The van der Waals surface area contributed by atoms with E-state index in [1.807, 2.05) is 19.9 Å². The number of hydrogen-bond donors (Lipinski definition) is 2. The van der Waals surface area contributed by atoms with Crippen LogP contribution in [0.3, 0.4) is 0 Å². The number of nitrogens with two attached hydrogens (primary N) is 1. The molecular formula is C12H15N5O. The molecule has 6 nitrogen and oxygen atoms in total. The van der Waals surface area contributed by atoms with Gasteiger partial charge in [-0.3, -0.25) is 0 Å². The first-order chi connectivity index (χ1) is 8.63. The fraction of sp³-hybridized carbons (Fsp3) is 0.417. The van der Waals surface area contributed by atoms with Crippen LogP contribution in [0.1, 0.15) is 24.3 Å². The van der Waals surface area contributed by atoms with Crippen LogP contribution >= 0.6 is 0 Å². The molecule has 0 bridgehead atoms. The number of aryl methyl sites for hydroxylation is 2. The van der Waals surface area contributed by atoms with E-state index >= 15 is 0 Å². The highest BCUT2D eigenvalue weighted by Gasteiger charge is 2.22. The van der Waals surface area contributed by atoms with Gasteiger partial charge in [0.1, 0.15) is 11.6 Å². The molecule has 1 fully saturated rings. The van der Waals surface area contributed by atoms with E-state index in [-0.39, 0.29) is 5.95 Å². The van der Waals surface area contributed by atoms with Gasteiger partial charge in [-0.2, -0.15) is 4.98 Å². The van der Waals surface area contributed by atoms with Gasteiger partial charge in [-0.05, 0) is 26.7 Å². The number of rotatable bonds is 3. The molecule has 0 saturated heterocycles. The van der Waals surface area contributed by atoms with Crippen molar-refractivity contribution in [1.82, 2.24) is 15.1 Å². The van der Waals surface area contributed by atoms with Gasteiger partial charge in [-0.1, -0.05) is 5.16 Å². The third-order valence-electron chi connectivity index (χ3n) is 2.96. The monoisotopic (exact) mass is 245 g/mol. The summed E-state index contributed by atoms with van der Waals surface area (Å²) in [5, 5.41) is 7.24. The number of hydrogen-bond acceptors (Lipinski definition) is 6. The maximum Gasteiger partial charge on any atom is 0.222 e. The summed E-state index contributed by atoms with van der Waals surface area (Å²) in [6.07, 6.45) is 2.37. The second-order valence-corrected chi connectivity index (χ2v) is 4.61. The van der Waals surface area contributed by atoms with Crippen LogP contribution < -0.4 is 11.1 Å². The Labute approximate surface area is 105 Å². The van der Waals surface area contributed by atoms with Crippen LogP contribution in [0.5, 0.6) is 0 Å². The lowest BCUT2D eigenvalue weighted by Gasteiger charge is -2.07. The zero-order valence-corrected chi connectivity index (χ0v) is 10.4. The minimum atomic E-state index is 0.260. The van der Waals surface area contributed by atoms with Crippen LogP contribution in [-0.4, -0.2) is 21.2 Å². The van der Waals surface area contributed by atoms with Crippen LogP contribution in [-0.2, 0) is 0 Å². The van der Waals surface area contributed by atoms with Crippen LogP contribution in [0.2, 0.25) is 0 Å². The standard InChI is InChI=1S/C12H15N5O/c1-6-11(7(2)18-17-6)9-5-10(14-8-3-4-8)16-12(13)15-9/h5,8H,3-4H2,1-2H3,(H3,13,14,15,16). The van der Waals surface area contributed by atoms with Crippen molar-refractivity contribution < 1.29 is 4.52 Å². The summed E-state index contributed by atoms with van der Waals surface area (Å²) in [5.41, 5.74) is 8.20. The van der Waals surface area contributed by atoms with Gasteiger partial charge >= 0.3 is 0 Å². The number of nitrogens with one attached hydrogen (secondary N) is 1. The van der Waals surface area contributed by atoms with Crippen LogP contribution in [0.4, 0.5) is 11.8 Å². The Balaban J connectivity index is 2.03. The first-order valence-corrected chi connectivity index (χ1v) is 5.98. The summed E-state index contributed by atoms with van der Waals surface area (Å²) in [7, 11) is 0. The SMILES string of the molecule is Cc1noc(C)c1-c1cc(NC2CC2)nc(N)n1. The first kappa shape index (κ1) is 11.0. The van der Waals surface area contributed by atoms with Crippen molar-refractivity contribution >= 4 is 11.8 Å². The summed E-state index contributed by atoms with van der Waals surface area (Å²) in [5.74, 6) is 1.76. The minimum Gasteiger partial charge on any atom is -0.368 e. The number of anilines is 2. The summed E-state index contributed by atoms with van der Waals surface area (Å²) < 4.78 is 5.15. The smallest absolute Gasteiger partial charge is 0.222 e.